The van der Waals surface area contributed by atoms with Gasteiger partial charge in [-0.25, -0.2) is 4.79 Å². The fourth-order valence-corrected chi connectivity index (χ4v) is 2.13. The van der Waals surface area contributed by atoms with E-state index in [9.17, 15) is 14.4 Å². The topological polar surface area (TPSA) is 74.7 Å². The molecule has 0 saturated carbocycles. The third kappa shape index (κ3) is 1.77. The number of imide groups is 1. The zero-order valence-corrected chi connectivity index (χ0v) is 9.92. The van der Waals surface area contributed by atoms with Crippen LogP contribution in [0, 0.1) is 0 Å². The van der Waals surface area contributed by atoms with Gasteiger partial charge in [-0.15, -0.1) is 0 Å². The van der Waals surface area contributed by atoms with Gasteiger partial charge >= 0.3 is 5.97 Å². The summed E-state index contributed by atoms with van der Waals surface area (Å²) in [6, 6.07) is 5.31. The molecule has 1 aromatic carbocycles. The van der Waals surface area contributed by atoms with E-state index in [1.807, 2.05) is 6.92 Å². The maximum absolute atomic E-state index is 12.1. The van der Waals surface area contributed by atoms with Crippen molar-refractivity contribution in [2.75, 3.05) is 0 Å². The number of nitrogens with zero attached hydrogens (tertiary/aromatic N) is 1. The van der Waals surface area contributed by atoms with Gasteiger partial charge in [0.25, 0.3) is 11.8 Å². The highest BCUT2D eigenvalue weighted by molar-refractivity contribution is 6.22. The first-order valence-electron chi connectivity index (χ1n) is 5.77. The first kappa shape index (κ1) is 12.3. The number of hydrogen-bond acceptors (Lipinski definition) is 3. The molecule has 1 atom stereocenters. The minimum atomic E-state index is -1.15. The van der Waals surface area contributed by atoms with E-state index in [-0.39, 0.29) is 17.5 Å². The molecule has 0 bridgehead atoms. The Bertz CT molecular complexity index is 488. The molecule has 0 saturated heterocycles. The summed E-state index contributed by atoms with van der Waals surface area (Å²) in [5.41, 5.74) is 0.565. The fraction of sp³-hybridized carbons (Fsp3) is 0.308. The van der Waals surface area contributed by atoms with E-state index in [1.54, 1.807) is 24.3 Å². The molecule has 1 aliphatic heterocycles. The van der Waals surface area contributed by atoms with E-state index in [2.05, 4.69) is 0 Å². The van der Waals surface area contributed by atoms with Crippen LogP contribution in [-0.2, 0) is 4.79 Å². The molecule has 0 radical (unpaired) electrons. The molecule has 1 N–H and O–H groups in total. The van der Waals surface area contributed by atoms with Gasteiger partial charge < -0.3 is 5.11 Å². The van der Waals surface area contributed by atoms with Gasteiger partial charge in [0.15, 0.2) is 0 Å². The lowest BCUT2D eigenvalue weighted by Crippen LogP contribution is -2.44. The number of hydrogen-bond donors (Lipinski definition) is 1. The summed E-state index contributed by atoms with van der Waals surface area (Å²) < 4.78 is 0. The minimum absolute atomic E-state index is 0.265. The van der Waals surface area contributed by atoms with Crippen LogP contribution in [0.5, 0.6) is 0 Å². The molecule has 0 fully saturated rings. The van der Waals surface area contributed by atoms with Crippen LogP contribution < -0.4 is 0 Å². The summed E-state index contributed by atoms with van der Waals surface area (Å²) in [5, 5.41) is 9.13. The molecule has 2 amide bonds. The Kier molecular flexibility index (Phi) is 3.14. The predicted octanol–water partition coefficient (Wildman–Crippen LogP) is 1.54. The van der Waals surface area contributed by atoms with Gasteiger partial charge in [0.2, 0.25) is 0 Å². The van der Waals surface area contributed by atoms with Gasteiger partial charge in [0, 0.05) is 0 Å². The second kappa shape index (κ2) is 4.60. The Morgan fingerprint density at radius 3 is 2.11 bits per heavy atom. The van der Waals surface area contributed by atoms with Crippen molar-refractivity contribution in [3.05, 3.63) is 35.4 Å². The number of aliphatic carboxylic acids is 1. The number of carboxylic acids is 1. The van der Waals surface area contributed by atoms with Crippen LogP contribution in [0.25, 0.3) is 0 Å². The lowest BCUT2D eigenvalue weighted by molar-refractivity contribution is -0.141. The Morgan fingerprint density at radius 1 is 1.22 bits per heavy atom. The van der Waals surface area contributed by atoms with E-state index < -0.39 is 23.8 Å². The number of benzene rings is 1. The third-order valence-electron chi connectivity index (χ3n) is 2.98. The smallest absolute Gasteiger partial charge is 0.326 e. The highest BCUT2D eigenvalue weighted by atomic mass is 16.4. The molecule has 0 aliphatic carbocycles. The first-order valence-corrected chi connectivity index (χ1v) is 5.77. The Morgan fingerprint density at radius 2 is 1.72 bits per heavy atom. The van der Waals surface area contributed by atoms with Gasteiger partial charge in [-0.1, -0.05) is 25.5 Å². The van der Waals surface area contributed by atoms with Crippen molar-refractivity contribution in [2.24, 2.45) is 0 Å². The van der Waals surface area contributed by atoms with E-state index in [4.69, 9.17) is 5.11 Å². The maximum Gasteiger partial charge on any atom is 0.326 e. The summed E-state index contributed by atoms with van der Waals surface area (Å²) in [6.07, 6.45) is 0.852. The molecule has 5 nitrogen and oxygen atoms in total. The normalized spacial score (nSPS) is 15.7. The SMILES string of the molecule is CCC[C@@H](C(=O)O)N1C(=O)c2ccccc2C1=O. The molecule has 18 heavy (non-hydrogen) atoms. The third-order valence-corrected chi connectivity index (χ3v) is 2.98. The van der Waals surface area contributed by atoms with Crippen molar-refractivity contribution in [2.45, 2.75) is 25.8 Å². The molecule has 94 valence electrons. The summed E-state index contributed by atoms with van der Waals surface area (Å²) in [7, 11) is 0. The highest BCUT2D eigenvalue weighted by Crippen LogP contribution is 2.25. The first-order chi connectivity index (χ1) is 8.57. The molecule has 0 unspecified atom stereocenters. The lowest BCUT2D eigenvalue weighted by atomic mass is 10.1. The van der Waals surface area contributed by atoms with E-state index in [1.165, 1.54) is 0 Å². The van der Waals surface area contributed by atoms with Crippen molar-refractivity contribution in [3.8, 4) is 0 Å². The van der Waals surface area contributed by atoms with Crippen LogP contribution in [0.2, 0.25) is 0 Å². The van der Waals surface area contributed by atoms with Crippen LogP contribution >= 0.6 is 0 Å². The van der Waals surface area contributed by atoms with Crippen LogP contribution in [0.1, 0.15) is 40.5 Å². The average molecular weight is 247 g/mol. The molecule has 1 aliphatic rings. The average Bonchev–Trinajstić information content (AvgIpc) is 2.60. The van der Waals surface area contributed by atoms with Crippen molar-refractivity contribution in [1.82, 2.24) is 4.90 Å². The predicted molar refractivity (Wildman–Crippen MR) is 63.3 cm³/mol. The number of carbonyl (C=O) groups is 3. The van der Waals surface area contributed by atoms with Gasteiger partial charge in [-0.05, 0) is 18.6 Å². The monoisotopic (exact) mass is 247 g/mol. The van der Waals surface area contributed by atoms with Crippen LogP contribution in [-0.4, -0.2) is 33.8 Å². The number of fused-ring (bicyclic) bond motifs is 1. The number of amides is 2. The second-order valence-electron chi connectivity index (χ2n) is 4.17. The molecule has 0 aromatic heterocycles. The Hall–Kier alpha value is -2.17. The fourth-order valence-electron chi connectivity index (χ4n) is 2.13. The van der Waals surface area contributed by atoms with Gasteiger partial charge in [0.05, 0.1) is 11.1 Å². The molecule has 2 rings (SSSR count). The van der Waals surface area contributed by atoms with Crippen molar-refractivity contribution in [3.63, 3.8) is 0 Å². The van der Waals surface area contributed by atoms with Crippen LogP contribution in [0.15, 0.2) is 24.3 Å². The van der Waals surface area contributed by atoms with E-state index in [0.29, 0.717) is 6.42 Å². The summed E-state index contributed by atoms with van der Waals surface area (Å²) >= 11 is 0. The Labute approximate surface area is 104 Å². The molecular weight excluding hydrogens is 234 g/mol. The molecule has 1 aromatic rings. The van der Waals surface area contributed by atoms with Crippen molar-refractivity contribution in [1.29, 1.82) is 0 Å². The molecule has 5 heteroatoms. The van der Waals surface area contributed by atoms with Crippen LogP contribution in [0.3, 0.4) is 0 Å². The molecule has 0 spiro atoms. The van der Waals surface area contributed by atoms with Crippen molar-refractivity contribution >= 4 is 17.8 Å². The van der Waals surface area contributed by atoms with Gasteiger partial charge in [0.1, 0.15) is 6.04 Å². The highest BCUT2D eigenvalue weighted by Gasteiger charge is 2.42. The summed E-state index contributed by atoms with van der Waals surface area (Å²) in [6.45, 7) is 1.81. The second-order valence-corrected chi connectivity index (χ2v) is 4.17. The number of carboxylic acid groups (broad SMARTS) is 1. The van der Waals surface area contributed by atoms with E-state index >= 15 is 0 Å². The molecule has 1 heterocycles. The molecular formula is C13H13NO4. The number of carbonyl (C=O) groups excluding carboxylic acids is 2. The van der Waals surface area contributed by atoms with Crippen molar-refractivity contribution < 1.29 is 19.5 Å². The summed E-state index contributed by atoms with van der Waals surface area (Å²) in [4.78, 5) is 36.2. The van der Waals surface area contributed by atoms with Crippen LogP contribution in [0.4, 0.5) is 0 Å². The maximum atomic E-state index is 12.1. The quantitative estimate of drug-likeness (QED) is 0.819. The van der Waals surface area contributed by atoms with E-state index in [0.717, 1.165) is 4.90 Å². The van der Waals surface area contributed by atoms with Gasteiger partial charge in [-0.2, -0.15) is 0 Å². The number of rotatable bonds is 4. The Balaban J connectivity index is 2.41. The minimum Gasteiger partial charge on any atom is -0.480 e. The standard InChI is InChI=1S/C13H13NO4/c1-2-5-10(13(17)18)14-11(15)8-6-3-4-7-9(8)12(14)16/h3-4,6-7,10H,2,5H2,1H3,(H,17,18)/t10-/m0/s1. The lowest BCUT2D eigenvalue weighted by Gasteiger charge is -2.21. The summed E-state index contributed by atoms with van der Waals surface area (Å²) in [5.74, 6) is -2.18. The van der Waals surface area contributed by atoms with Gasteiger partial charge in [-0.3, -0.25) is 14.5 Å². The largest absolute Gasteiger partial charge is 0.480 e. The zero-order valence-electron chi connectivity index (χ0n) is 9.92. The zero-order chi connectivity index (χ0) is 13.3.